The zero-order valence-corrected chi connectivity index (χ0v) is 12.1. The van der Waals surface area contributed by atoms with Crippen LogP contribution in [-0.4, -0.2) is 48.4 Å². The highest BCUT2D eigenvalue weighted by molar-refractivity contribution is 5.95. The molecule has 110 valence electrons. The van der Waals surface area contributed by atoms with Crippen LogP contribution in [0.5, 0.6) is 0 Å². The highest BCUT2D eigenvalue weighted by Gasteiger charge is 2.25. The Morgan fingerprint density at radius 2 is 2.10 bits per heavy atom. The van der Waals surface area contributed by atoms with Crippen molar-refractivity contribution in [3.63, 3.8) is 0 Å². The van der Waals surface area contributed by atoms with Gasteiger partial charge in [0.25, 0.3) is 5.91 Å². The van der Waals surface area contributed by atoms with Crippen LogP contribution in [0.4, 0.5) is 10.1 Å². The van der Waals surface area contributed by atoms with E-state index >= 15 is 0 Å². The summed E-state index contributed by atoms with van der Waals surface area (Å²) in [5, 5.41) is 0. The Hall–Kier alpha value is -1.62. The number of carbonyl (C=O) groups excluding carboxylic acids is 1. The van der Waals surface area contributed by atoms with E-state index in [9.17, 15) is 9.18 Å². The minimum atomic E-state index is -0.486. The van der Waals surface area contributed by atoms with Crippen molar-refractivity contribution in [2.45, 2.75) is 25.8 Å². The zero-order valence-electron chi connectivity index (χ0n) is 12.1. The van der Waals surface area contributed by atoms with Gasteiger partial charge in [-0.25, -0.2) is 4.39 Å². The smallest absolute Gasteiger partial charge is 0.253 e. The number of hydrogen-bond acceptors (Lipinski definition) is 3. The molecule has 0 aromatic heterocycles. The van der Waals surface area contributed by atoms with Crippen LogP contribution in [0, 0.1) is 5.82 Å². The van der Waals surface area contributed by atoms with Gasteiger partial charge in [0.2, 0.25) is 0 Å². The third-order valence-electron chi connectivity index (χ3n) is 4.12. The van der Waals surface area contributed by atoms with Gasteiger partial charge in [-0.15, -0.1) is 0 Å². The first kappa shape index (κ1) is 14.8. The average molecular weight is 279 g/mol. The first-order valence-corrected chi connectivity index (χ1v) is 7.07. The monoisotopic (exact) mass is 279 g/mol. The number of amides is 1. The molecule has 0 saturated carbocycles. The van der Waals surface area contributed by atoms with Crippen LogP contribution < -0.4 is 5.73 Å². The lowest BCUT2D eigenvalue weighted by Crippen LogP contribution is -2.45. The summed E-state index contributed by atoms with van der Waals surface area (Å²) in [7, 11) is 1.81. The highest BCUT2D eigenvalue weighted by Crippen LogP contribution is 2.19. The molecule has 0 unspecified atom stereocenters. The van der Waals surface area contributed by atoms with Crippen LogP contribution in [-0.2, 0) is 0 Å². The molecule has 1 aliphatic heterocycles. The van der Waals surface area contributed by atoms with Crippen LogP contribution >= 0.6 is 0 Å². The van der Waals surface area contributed by atoms with Crippen molar-refractivity contribution >= 4 is 11.6 Å². The van der Waals surface area contributed by atoms with Crippen molar-refractivity contribution in [2.75, 3.05) is 32.4 Å². The fraction of sp³-hybridized carbons (Fsp3) is 0.533. The van der Waals surface area contributed by atoms with E-state index in [0.29, 0.717) is 5.56 Å². The number of nitrogen functional groups attached to an aromatic ring is 1. The van der Waals surface area contributed by atoms with Crippen molar-refractivity contribution in [3.8, 4) is 0 Å². The maximum atomic E-state index is 13.1. The molecule has 1 aliphatic rings. The molecule has 1 aromatic carbocycles. The number of likely N-dealkylation sites (tertiary alicyclic amines) is 1. The Labute approximate surface area is 119 Å². The lowest BCUT2D eigenvalue weighted by molar-refractivity contribution is 0.0647. The van der Waals surface area contributed by atoms with E-state index in [1.54, 1.807) is 4.90 Å². The molecule has 2 N–H and O–H groups in total. The van der Waals surface area contributed by atoms with Crippen molar-refractivity contribution in [1.29, 1.82) is 0 Å². The summed E-state index contributed by atoms with van der Waals surface area (Å²) in [5.41, 5.74) is 5.99. The first-order valence-electron chi connectivity index (χ1n) is 7.07. The summed E-state index contributed by atoms with van der Waals surface area (Å²) in [4.78, 5) is 16.5. The number of nitrogens with two attached hydrogens (primary N) is 1. The molecule has 0 atom stereocenters. The largest absolute Gasteiger partial charge is 0.396 e. The normalized spacial score (nSPS) is 17.1. The maximum absolute atomic E-state index is 13.1. The second kappa shape index (κ2) is 6.22. The van der Waals surface area contributed by atoms with E-state index in [-0.39, 0.29) is 17.6 Å². The maximum Gasteiger partial charge on any atom is 0.253 e. The van der Waals surface area contributed by atoms with E-state index < -0.39 is 5.82 Å². The standard InChI is InChI=1S/C15H22FN3O/c1-3-19-8-6-12(7-9-19)18(2)15(20)11-4-5-13(16)14(17)10-11/h4-5,10,12H,3,6-9,17H2,1-2H3. The summed E-state index contributed by atoms with van der Waals surface area (Å²) in [6.45, 7) is 5.24. The number of hydrogen-bond donors (Lipinski definition) is 1. The van der Waals surface area contributed by atoms with Gasteiger partial charge in [-0.2, -0.15) is 0 Å². The molecule has 1 fully saturated rings. The molecular weight excluding hydrogens is 257 g/mol. The summed E-state index contributed by atoms with van der Waals surface area (Å²) in [6.07, 6.45) is 1.96. The summed E-state index contributed by atoms with van der Waals surface area (Å²) in [5.74, 6) is -0.577. The predicted octanol–water partition coefficient (Wildman–Crippen LogP) is 1.96. The van der Waals surface area contributed by atoms with Gasteiger partial charge in [-0.3, -0.25) is 4.79 Å². The van der Waals surface area contributed by atoms with Gasteiger partial charge in [0.05, 0.1) is 5.69 Å². The Bertz CT molecular complexity index is 484. The van der Waals surface area contributed by atoms with E-state index in [4.69, 9.17) is 5.73 Å². The number of halogens is 1. The molecular formula is C15H22FN3O. The fourth-order valence-electron chi connectivity index (χ4n) is 2.67. The second-order valence-electron chi connectivity index (χ2n) is 5.32. The molecule has 1 aromatic rings. The topological polar surface area (TPSA) is 49.6 Å². The Morgan fingerprint density at radius 3 is 2.65 bits per heavy atom. The van der Waals surface area contributed by atoms with Gasteiger partial charge in [0.1, 0.15) is 5.82 Å². The molecule has 0 aliphatic carbocycles. The SMILES string of the molecule is CCN1CCC(N(C)C(=O)c2ccc(F)c(N)c2)CC1. The fourth-order valence-corrected chi connectivity index (χ4v) is 2.67. The van der Waals surface area contributed by atoms with Gasteiger partial charge in [-0.1, -0.05) is 6.92 Å². The quantitative estimate of drug-likeness (QED) is 0.861. The van der Waals surface area contributed by atoms with Crippen molar-refractivity contribution in [2.24, 2.45) is 0 Å². The highest BCUT2D eigenvalue weighted by atomic mass is 19.1. The van der Waals surface area contributed by atoms with E-state index in [0.717, 1.165) is 32.5 Å². The Kier molecular flexibility index (Phi) is 4.60. The number of benzene rings is 1. The minimum Gasteiger partial charge on any atom is -0.396 e. The Balaban J connectivity index is 2.03. The van der Waals surface area contributed by atoms with E-state index in [2.05, 4.69) is 11.8 Å². The van der Waals surface area contributed by atoms with Gasteiger partial charge in [0.15, 0.2) is 0 Å². The zero-order chi connectivity index (χ0) is 14.7. The third-order valence-corrected chi connectivity index (χ3v) is 4.12. The van der Waals surface area contributed by atoms with Crippen molar-refractivity contribution in [1.82, 2.24) is 9.80 Å². The minimum absolute atomic E-state index is 0.0186. The second-order valence-corrected chi connectivity index (χ2v) is 5.32. The number of anilines is 1. The van der Waals surface area contributed by atoms with Gasteiger partial charge in [0, 0.05) is 31.7 Å². The van der Waals surface area contributed by atoms with Crippen LogP contribution in [0.2, 0.25) is 0 Å². The van der Waals surface area contributed by atoms with Gasteiger partial charge >= 0.3 is 0 Å². The van der Waals surface area contributed by atoms with E-state index in [1.807, 2.05) is 7.05 Å². The van der Waals surface area contributed by atoms with Crippen LogP contribution in [0.1, 0.15) is 30.1 Å². The van der Waals surface area contributed by atoms with Crippen molar-refractivity contribution in [3.05, 3.63) is 29.6 Å². The third kappa shape index (κ3) is 3.10. The molecule has 5 heteroatoms. The summed E-state index contributed by atoms with van der Waals surface area (Å²) < 4.78 is 13.1. The van der Waals surface area contributed by atoms with Crippen LogP contribution in [0.25, 0.3) is 0 Å². The molecule has 2 rings (SSSR count). The predicted molar refractivity (Wildman–Crippen MR) is 78.0 cm³/mol. The molecule has 0 spiro atoms. The van der Waals surface area contributed by atoms with Crippen molar-refractivity contribution < 1.29 is 9.18 Å². The van der Waals surface area contributed by atoms with Gasteiger partial charge < -0.3 is 15.5 Å². The molecule has 0 bridgehead atoms. The van der Waals surface area contributed by atoms with Crippen LogP contribution in [0.3, 0.4) is 0 Å². The molecule has 4 nitrogen and oxygen atoms in total. The molecule has 0 radical (unpaired) electrons. The van der Waals surface area contributed by atoms with Gasteiger partial charge in [-0.05, 0) is 37.6 Å². The number of rotatable bonds is 3. The van der Waals surface area contributed by atoms with Crippen LogP contribution in [0.15, 0.2) is 18.2 Å². The first-order chi connectivity index (χ1) is 9.52. The number of nitrogens with zero attached hydrogens (tertiary/aromatic N) is 2. The Morgan fingerprint density at radius 1 is 1.45 bits per heavy atom. The molecule has 20 heavy (non-hydrogen) atoms. The molecule has 1 amide bonds. The average Bonchev–Trinajstić information content (AvgIpc) is 2.48. The molecule has 1 saturated heterocycles. The lowest BCUT2D eigenvalue weighted by atomic mass is 10.0. The summed E-state index contributed by atoms with van der Waals surface area (Å²) in [6, 6.07) is 4.40. The number of carbonyl (C=O) groups is 1. The summed E-state index contributed by atoms with van der Waals surface area (Å²) >= 11 is 0. The van der Waals surface area contributed by atoms with E-state index in [1.165, 1.54) is 18.2 Å². The number of piperidine rings is 1. The molecule has 1 heterocycles. The lowest BCUT2D eigenvalue weighted by Gasteiger charge is -2.36.